The van der Waals surface area contributed by atoms with Crippen LogP contribution in [0.5, 0.6) is 0 Å². The number of hydrogen-bond donors (Lipinski definition) is 0. The number of halogens is 1. The second kappa shape index (κ2) is 6.22. The van der Waals surface area contributed by atoms with E-state index in [0.717, 1.165) is 0 Å². The second-order valence-corrected chi connectivity index (χ2v) is 5.13. The van der Waals surface area contributed by atoms with Crippen LogP contribution in [0.25, 0.3) is 0 Å². The smallest absolute Gasteiger partial charge is 0.316 e. The molecular formula is C14H14ClNO5. The number of ether oxygens (including phenoxy) is 2. The van der Waals surface area contributed by atoms with Gasteiger partial charge in [-0.05, 0) is 30.0 Å². The molecule has 2 unspecified atom stereocenters. The fraction of sp³-hybridized carbons (Fsp3) is 0.429. The first-order chi connectivity index (χ1) is 9.97. The van der Waals surface area contributed by atoms with Crippen LogP contribution in [0.3, 0.4) is 0 Å². The molecule has 0 aromatic carbocycles. The Morgan fingerprint density at radius 2 is 1.67 bits per heavy atom. The molecular weight excluding hydrogens is 298 g/mol. The first kappa shape index (κ1) is 15.4. The molecule has 0 N–H and O–H groups in total. The van der Waals surface area contributed by atoms with Crippen molar-refractivity contribution in [2.24, 2.45) is 11.8 Å². The van der Waals surface area contributed by atoms with E-state index in [4.69, 9.17) is 11.6 Å². The number of rotatable bonds is 2. The monoisotopic (exact) mass is 311 g/mol. The standard InChI is InChI=1S/C14H14ClNO5/c1-20-13(18)9-3-7-5-11(15)16-6-8(7)4-10(12(9)17)14(19)21-2/h5-6,9-10H,3-4H2,1-2H3. The van der Waals surface area contributed by atoms with Crippen LogP contribution in [0.1, 0.15) is 11.1 Å². The Kier molecular flexibility index (Phi) is 4.57. The van der Waals surface area contributed by atoms with Crippen LogP contribution in [0, 0.1) is 11.8 Å². The highest BCUT2D eigenvalue weighted by Gasteiger charge is 2.41. The molecule has 0 bridgehead atoms. The highest BCUT2D eigenvalue weighted by molar-refractivity contribution is 6.29. The highest BCUT2D eigenvalue weighted by Crippen LogP contribution is 2.28. The van der Waals surface area contributed by atoms with Gasteiger partial charge in [0, 0.05) is 6.20 Å². The number of hydrogen-bond acceptors (Lipinski definition) is 6. The molecule has 2 atom stereocenters. The third-order valence-corrected chi connectivity index (χ3v) is 3.76. The van der Waals surface area contributed by atoms with Gasteiger partial charge < -0.3 is 9.47 Å². The summed E-state index contributed by atoms with van der Waals surface area (Å²) in [7, 11) is 2.41. The van der Waals surface area contributed by atoms with Crippen molar-refractivity contribution in [2.45, 2.75) is 12.8 Å². The maximum atomic E-state index is 12.4. The number of carbonyl (C=O) groups excluding carboxylic acids is 3. The predicted octanol–water partition coefficient (Wildman–Crippen LogP) is 0.981. The van der Waals surface area contributed by atoms with Crippen LogP contribution in [0.15, 0.2) is 12.3 Å². The minimum atomic E-state index is -1.04. The van der Waals surface area contributed by atoms with Crippen LogP contribution >= 0.6 is 11.6 Å². The van der Waals surface area contributed by atoms with Crippen LogP contribution in [0.4, 0.5) is 0 Å². The predicted molar refractivity (Wildman–Crippen MR) is 72.7 cm³/mol. The molecule has 6 nitrogen and oxygen atoms in total. The molecule has 0 amide bonds. The Morgan fingerprint density at radius 3 is 2.19 bits per heavy atom. The van der Waals surface area contributed by atoms with Gasteiger partial charge in [0.25, 0.3) is 0 Å². The van der Waals surface area contributed by atoms with E-state index in [1.165, 1.54) is 20.4 Å². The lowest BCUT2D eigenvalue weighted by Gasteiger charge is -2.15. The molecule has 0 aliphatic heterocycles. The van der Waals surface area contributed by atoms with Gasteiger partial charge in [-0.25, -0.2) is 4.98 Å². The van der Waals surface area contributed by atoms with Gasteiger partial charge in [-0.3, -0.25) is 14.4 Å². The van der Waals surface area contributed by atoms with Crippen molar-refractivity contribution in [3.05, 3.63) is 28.5 Å². The van der Waals surface area contributed by atoms with Gasteiger partial charge in [0.1, 0.15) is 17.0 Å². The van der Waals surface area contributed by atoms with Crippen LogP contribution in [0.2, 0.25) is 5.15 Å². The number of esters is 2. The molecule has 21 heavy (non-hydrogen) atoms. The summed E-state index contributed by atoms with van der Waals surface area (Å²) in [5, 5.41) is 0.265. The molecule has 112 valence electrons. The van der Waals surface area contributed by atoms with Gasteiger partial charge in [0.15, 0.2) is 5.78 Å². The molecule has 0 spiro atoms. The van der Waals surface area contributed by atoms with Crippen molar-refractivity contribution in [1.29, 1.82) is 0 Å². The summed E-state index contributed by atoms with van der Waals surface area (Å²) in [6, 6.07) is 1.60. The summed E-state index contributed by atoms with van der Waals surface area (Å²) in [4.78, 5) is 40.1. The third kappa shape index (κ3) is 3.05. The topological polar surface area (TPSA) is 82.6 Å². The van der Waals surface area contributed by atoms with E-state index in [0.29, 0.717) is 11.1 Å². The van der Waals surface area contributed by atoms with Gasteiger partial charge in [-0.1, -0.05) is 11.6 Å². The molecule has 0 fully saturated rings. The van der Waals surface area contributed by atoms with Gasteiger partial charge in [0.2, 0.25) is 0 Å². The number of Topliss-reactive ketones (excluding diaryl/α,β-unsaturated/α-hetero) is 1. The van der Waals surface area contributed by atoms with E-state index < -0.39 is 29.6 Å². The molecule has 1 aliphatic carbocycles. The Bertz CT molecular complexity index is 601. The summed E-state index contributed by atoms with van der Waals surface area (Å²) in [5.74, 6) is -3.92. The van der Waals surface area contributed by atoms with Gasteiger partial charge in [-0.2, -0.15) is 0 Å². The van der Waals surface area contributed by atoms with Crippen LogP contribution < -0.4 is 0 Å². The van der Waals surface area contributed by atoms with Crippen LogP contribution in [-0.2, 0) is 36.7 Å². The lowest BCUT2D eigenvalue weighted by Crippen LogP contribution is -2.35. The van der Waals surface area contributed by atoms with E-state index in [9.17, 15) is 14.4 Å². The summed E-state index contributed by atoms with van der Waals surface area (Å²) < 4.78 is 9.32. The van der Waals surface area contributed by atoms with Gasteiger partial charge >= 0.3 is 11.9 Å². The molecule has 1 heterocycles. The van der Waals surface area contributed by atoms with Crippen molar-refractivity contribution >= 4 is 29.3 Å². The zero-order valence-electron chi connectivity index (χ0n) is 11.6. The zero-order valence-corrected chi connectivity index (χ0v) is 12.3. The number of methoxy groups -OCH3 is 2. The maximum Gasteiger partial charge on any atom is 0.316 e. The number of ketones is 1. The molecule has 1 aliphatic rings. The quantitative estimate of drug-likeness (QED) is 0.350. The second-order valence-electron chi connectivity index (χ2n) is 4.74. The fourth-order valence-electron chi connectivity index (χ4n) is 2.44. The average Bonchev–Trinajstić information content (AvgIpc) is 2.62. The Labute approximate surface area is 126 Å². The Hall–Kier alpha value is -1.95. The number of pyridine rings is 1. The molecule has 1 aromatic rings. The third-order valence-electron chi connectivity index (χ3n) is 3.56. The van der Waals surface area contributed by atoms with Crippen molar-refractivity contribution in [3.63, 3.8) is 0 Å². The number of aromatic nitrogens is 1. The maximum absolute atomic E-state index is 12.4. The minimum Gasteiger partial charge on any atom is -0.468 e. The summed E-state index contributed by atoms with van der Waals surface area (Å²) in [5.41, 5.74) is 1.42. The first-order valence-corrected chi connectivity index (χ1v) is 6.68. The minimum absolute atomic E-state index is 0.135. The SMILES string of the molecule is COC(=O)C1Cc2cnc(Cl)cc2CC(C(=O)OC)C1=O. The molecule has 1 aromatic heterocycles. The molecule has 0 saturated heterocycles. The van der Waals surface area contributed by atoms with E-state index >= 15 is 0 Å². The van der Waals surface area contributed by atoms with Crippen molar-refractivity contribution in [3.8, 4) is 0 Å². The largest absolute Gasteiger partial charge is 0.468 e. The van der Waals surface area contributed by atoms with Crippen molar-refractivity contribution < 1.29 is 23.9 Å². The summed E-state index contributed by atoms with van der Waals surface area (Å²) >= 11 is 5.85. The van der Waals surface area contributed by atoms with E-state index in [2.05, 4.69) is 14.5 Å². The van der Waals surface area contributed by atoms with Crippen molar-refractivity contribution in [2.75, 3.05) is 14.2 Å². The van der Waals surface area contributed by atoms with Gasteiger partial charge in [0.05, 0.1) is 14.2 Å². The fourth-order valence-corrected chi connectivity index (χ4v) is 2.62. The summed E-state index contributed by atoms with van der Waals surface area (Å²) in [6.45, 7) is 0. The highest BCUT2D eigenvalue weighted by atomic mass is 35.5. The van der Waals surface area contributed by atoms with Gasteiger partial charge in [-0.15, -0.1) is 0 Å². The van der Waals surface area contributed by atoms with E-state index in [-0.39, 0.29) is 18.0 Å². The molecule has 0 radical (unpaired) electrons. The average molecular weight is 312 g/mol. The zero-order chi connectivity index (χ0) is 15.6. The lowest BCUT2D eigenvalue weighted by atomic mass is 9.90. The Balaban J connectivity index is 2.48. The molecule has 0 saturated carbocycles. The normalized spacial score (nSPS) is 21.2. The number of nitrogens with zero attached hydrogens (tertiary/aromatic N) is 1. The van der Waals surface area contributed by atoms with Crippen molar-refractivity contribution in [1.82, 2.24) is 4.98 Å². The van der Waals surface area contributed by atoms with Crippen LogP contribution in [-0.4, -0.2) is 36.9 Å². The number of carbonyl (C=O) groups is 3. The molecule has 2 rings (SSSR count). The van der Waals surface area contributed by atoms with E-state index in [1.54, 1.807) is 6.07 Å². The Morgan fingerprint density at radius 1 is 1.14 bits per heavy atom. The number of fused-ring (bicyclic) bond motifs is 1. The summed E-state index contributed by atoms with van der Waals surface area (Å²) in [6.07, 6.45) is 1.79. The van der Waals surface area contributed by atoms with E-state index in [1.807, 2.05) is 0 Å². The molecule has 7 heteroatoms. The first-order valence-electron chi connectivity index (χ1n) is 6.30. The lowest BCUT2D eigenvalue weighted by molar-refractivity contribution is -0.155.